The second kappa shape index (κ2) is 13.6. The summed E-state index contributed by atoms with van der Waals surface area (Å²) < 4.78 is 6.59. The molecule has 0 heterocycles. The number of aliphatic hydroxyl groups is 1. The Morgan fingerprint density at radius 3 is 1.77 bits per heavy atom. The van der Waals surface area contributed by atoms with E-state index < -0.39 is 38.3 Å². The molecule has 1 aromatic rings. The van der Waals surface area contributed by atoms with Gasteiger partial charge in [0.15, 0.2) is 8.32 Å². The molecule has 0 aromatic heterocycles. The predicted octanol–water partition coefficient (Wildman–Crippen LogP) is 4.09. The Labute approximate surface area is 210 Å². The van der Waals surface area contributed by atoms with E-state index in [4.69, 9.17) is 9.53 Å². The van der Waals surface area contributed by atoms with Crippen molar-refractivity contribution < 1.29 is 29.0 Å². The first kappa shape index (κ1) is 30.6. The number of anilines is 1. The molecule has 0 aliphatic heterocycles. The largest absolute Gasteiger partial charge is 0.465 e. The van der Waals surface area contributed by atoms with E-state index in [1.54, 1.807) is 38.1 Å². The van der Waals surface area contributed by atoms with Gasteiger partial charge in [-0.05, 0) is 40.2 Å². The van der Waals surface area contributed by atoms with Crippen molar-refractivity contribution in [1.29, 1.82) is 0 Å². The second-order valence-corrected chi connectivity index (χ2v) is 15.7. The number of benzene rings is 1. The quantitative estimate of drug-likeness (QED) is 0.254. The first-order chi connectivity index (χ1) is 16.3. The molecule has 1 rings (SSSR count). The zero-order valence-electron chi connectivity index (χ0n) is 22.2. The van der Waals surface area contributed by atoms with Crippen LogP contribution in [0.2, 0.25) is 16.6 Å². The fourth-order valence-corrected chi connectivity index (χ4v) is 10.2. The molecule has 5 N–H and O–H groups in total. The number of rotatable bonds is 13. The summed E-state index contributed by atoms with van der Waals surface area (Å²) in [6.07, 6.45) is -1.31. The van der Waals surface area contributed by atoms with Gasteiger partial charge in [0.1, 0.15) is 12.1 Å². The molecule has 0 saturated carbocycles. The number of amides is 3. The van der Waals surface area contributed by atoms with Gasteiger partial charge in [0.25, 0.3) is 0 Å². The van der Waals surface area contributed by atoms with Crippen LogP contribution in [0.5, 0.6) is 0 Å². The fraction of sp³-hybridized carbons (Fsp3) is 0.640. The molecular weight excluding hydrogens is 466 g/mol. The Bertz CT molecular complexity index is 820. The molecule has 0 fully saturated rings. The number of carbonyl (C=O) groups is 3. The Kier molecular flexibility index (Phi) is 11.9. The van der Waals surface area contributed by atoms with Crippen molar-refractivity contribution in [3.8, 4) is 0 Å². The van der Waals surface area contributed by atoms with Gasteiger partial charge >= 0.3 is 6.09 Å². The van der Waals surface area contributed by atoms with E-state index in [0.29, 0.717) is 11.3 Å². The molecule has 1 aromatic carbocycles. The highest BCUT2D eigenvalue weighted by Crippen LogP contribution is 2.42. The van der Waals surface area contributed by atoms with Gasteiger partial charge in [0.2, 0.25) is 11.8 Å². The number of nitrogens with one attached hydrogen (secondary N) is 3. The standard InChI is InChI=1S/C25H43N3O6Si/c1-15(2)22(28-25(32)33)24(31)27-21(14-34-35(16(3)4,17(5)6)18(7)8)23(30)26-20-11-9-19(13-29)10-12-20/h9-12,15-18,21-22,28-29H,13-14H2,1-8H3,(H,26,30)(H,27,31)(H,32,33). The lowest BCUT2D eigenvalue weighted by atomic mass is 10.0. The monoisotopic (exact) mass is 509 g/mol. The predicted molar refractivity (Wildman–Crippen MR) is 140 cm³/mol. The van der Waals surface area contributed by atoms with Gasteiger partial charge in [0.05, 0.1) is 13.2 Å². The number of carboxylic acid groups (broad SMARTS) is 1. The van der Waals surface area contributed by atoms with Gasteiger partial charge in [-0.1, -0.05) is 67.5 Å². The molecule has 0 radical (unpaired) electrons. The molecule has 0 spiro atoms. The fourth-order valence-electron chi connectivity index (χ4n) is 4.76. The van der Waals surface area contributed by atoms with Crippen molar-refractivity contribution in [2.24, 2.45) is 5.92 Å². The average Bonchev–Trinajstić information content (AvgIpc) is 2.76. The van der Waals surface area contributed by atoms with E-state index in [0.717, 1.165) is 0 Å². The molecule has 2 atom stereocenters. The summed E-state index contributed by atoms with van der Waals surface area (Å²) in [5, 5.41) is 26.1. The number of hydrogen-bond donors (Lipinski definition) is 5. The topological polar surface area (TPSA) is 137 Å². The van der Waals surface area contributed by atoms with Crippen LogP contribution in [-0.2, 0) is 20.6 Å². The number of carbonyl (C=O) groups excluding carboxylic acids is 2. The first-order valence-electron chi connectivity index (χ1n) is 12.2. The third-order valence-corrected chi connectivity index (χ3v) is 12.6. The second-order valence-electron chi connectivity index (χ2n) is 10.2. The first-order valence-corrected chi connectivity index (χ1v) is 14.3. The van der Waals surface area contributed by atoms with Crippen LogP contribution in [0.3, 0.4) is 0 Å². The van der Waals surface area contributed by atoms with E-state index in [1.807, 2.05) is 0 Å². The maximum atomic E-state index is 13.3. The normalized spacial score (nSPS) is 13.7. The smallest absolute Gasteiger partial charge is 0.405 e. The van der Waals surface area contributed by atoms with Gasteiger partial charge in [-0.15, -0.1) is 0 Å². The maximum Gasteiger partial charge on any atom is 0.405 e. The van der Waals surface area contributed by atoms with E-state index in [-0.39, 0.29) is 35.8 Å². The Balaban J connectivity index is 3.23. The molecule has 0 aliphatic rings. The summed E-state index contributed by atoms with van der Waals surface area (Å²) in [6, 6.07) is 4.68. The average molecular weight is 510 g/mol. The van der Waals surface area contributed by atoms with Crippen LogP contribution in [-0.4, -0.2) is 55.1 Å². The molecule has 0 aliphatic carbocycles. The summed E-state index contributed by atoms with van der Waals surface area (Å²) in [7, 11) is -2.34. The van der Waals surface area contributed by atoms with E-state index in [2.05, 4.69) is 57.5 Å². The molecule has 9 nitrogen and oxygen atoms in total. The summed E-state index contributed by atoms with van der Waals surface area (Å²) in [6.45, 7) is 16.1. The lowest BCUT2D eigenvalue weighted by molar-refractivity contribution is -0.129. The minimum absolute atomic E-state index is 0.0229. The third-order valence-electron chi connectivity index (χ3n) is 6.47. The number of hydrogen-bond acceptors (Lipinski definition) is 5. The summed E-state index contributed by atoms with van der Waals surface area (Å²) >= 11 is 0. The van der Waals surface area contributed by atoms with Crippen LogP contribution in [0.25, 0.3) is 0 Å². The molecule has 198 valence electrons. The SMILES string of the molecule is CC(C)C(NC(=O)O)C(=O)NC(CO[Si](C(C)C)(C(C)C)C(C)C)C(=O)Nc1ccc(CO)cc1. The Hall–Kier alpha value is -2.43. The van der Waals surface area contributed by atoms with E-state index >= 15 is 0 Å². The highest BCUT2D eigenvalue weighted by molar-refractivity contribution is 6.77. The molecule has 0 bridgehead atoms. The van der Waals surface area contributed by atoms with Crippen molar-refractivity contribution in [2.75, 3.05) is 11.9 Å². The number of aliphatic hydroxyl groups excluding tert-OH is 1. The van der Waals surface area contributed by atoms with Gasteiger partial charge in [-0.3, -0.25) is 9.59 Å². The summed E-state index contributed by atoms with van der Waals surface area (Å²) in [5.41, 5.74) is 2.06. The van der Waals surface area contributed by atoms with Crippen LogP contribution in [0, 0.1) is 5.92 Å². The van der Waals surface area contributed by atoms with Gasteiger partial charge < -0.3 is 30.6 Å². The minimum atomic E-state index is -2.34. The molecule has 10 heteroatoms. The summed E-state index contributed by atoms with van der Waals surface area (Å²) in [4.78, 5) is 37.5. The summed E-state index contributed by atoms with van der Waals surface area (Å²) in [5.74, 6) is -1.38. The van der Waals surface area contributed by atoms with Crippen LogP contribution >= 0.6 is 0 Å². The van der Waals surface area contributed by atoms with Crippen LogP contribution < -0.4 is 16.0 Å². The third kappa shape index (κ3) is 8.33. The molecule has 35 heavy (non-hydrogen) atoms. The lowest BCUT2D eigenvalue weighted by Gasteiger charge is -2.43. The Morgan fingerprint density at radius 2 is 1.37 bits per heavy atom. The van der Waals surface area contributed by atoms with Crippen molar-refractivity contribution in [1.82, 2.24) is 10.6 Å². The highest BCUT2D eigenvalue weighted by Gasteiger charge is 2.46. The maximum absolute atomic E-state index is 13.3. The van der Waals surface area contributed by atoms with Crippen molar-refractivity contribution in [3.63, 3.8) is 0 Å². The van der Waals surface area contributed by atoms with Crippen LogP contribution in [0.4, 0.5) is 10.5 Å². The van der Waals surface area contributed by atoms with Crippen molar-refractivity contribution >= 4 is 31.9 Å². The van der Waals surface area contributed by atoms with E-state index in [9.17, 15) is 19.5 Å². The lowest BCUT2D eigenvalue weighted by Crippen LogP contribution is -2.57. The van der Waals surface area contributed by atoms with Gasteiger partial charge in [-0.2, -0.15) is 0 Å². The van der Waals surface area contributed by atoms with Crippen LogP contribution in [0.15, 0.2) is 24.3 Å². The van der Waals surface area contributed by atoms with Crippen LogP contribution in [0.1, 0.15) is 61.0 Å². The zero-order chi connectivity index (χ0) is 26.9. The molecule has 2 unspecified atom stereocenters. The van der Waals surface area contributed by atoms with E-state index in [1.165, 1.54) is 0 Å². The van der Waals surface area contributed by atoms with Crippen molar-refractivity contribution in [2.45, 2.75) is 90.7 Å². The molecular formula is C25H43N3O6Si. The molecule has 3 amide bonds. The zero-order valence-corrected chi connectivity index (χ0v) is 23.2. The highest BCUT2D eigenvalue weighted by atomic mass is 28.4. The van der Waals surface area contributed by atoms with Crippen molar-refractivity contribution in [3.05, 3.63) is 29.8 Å². The van der Waals surface area contributed by atoms with Gasteiger partial charge in [-0.25, -0.2) is 4.79 Å². The minimum Gasteiger partial charge on any atom is -0.465 e. The Morgan fingerprint density at radius 1 is 0.857 bits per heavy atom. The molecule has 0 saturated heterocycles. The van der Waals surface area contributed by atoms with Gasteiger partial charge in [0, 0.05) is 5.69 Å².